The number of carbonyl (C=O) groups is 1. The zero-order valence-corrected chi connectivity index (χ0v) is 10.7. The Labute approximate surface area is 102 Å². The van der Waals surface area contributed by atoms with Gasteiger partial charge in [-0.05, 0) is 18.9 Å². The van der Waals surface area contributed by atoms with Gasteiger partial charge in [-0.25, -0.2) is 0 Å². The summed E-state index contributed by atoms with van der Waals surface area (Å²) in [6.07, 6.45) is 3.60. The molecule has 0 fully saturated rings. The van der Waals surface area contributed by atoms with Crippen LogP contribution in [0.4, 0.5) is 0 Å². The average Bonchev–Trinajstić information content (AvgIpc) is 2.84. The standard InChI is InChI=1S/C13H21NO3/c1-4-11-10(7-8-17-11)12(16)14-13(5-2,6-3)9-15/h7-8,15H,4-6,9H2,1-3H3,(H,14,16). The van der Waals surface area contributed by atoms with E-state index in [4.69, 9.17) is 4.42 Å². The zero-order chi connectivity index (χ0) is 12.9. The lowest BCUT2D eigenvalue weighted by Crippen LogP contribution is -2.50. The van der Waals surface area contributed by atoms with Crippen molar-refractivity contribution >= 4 is 5.91 Å². The molecule has 0 aliphatic carbocycles. The highest BCUT2D eigenvalue weighted by Gasteiger charge is 2.28. The molecule has 4 heteroatoms. The fraction of sp³-hybridized carbons (Fsp3) is 0.615. The molecule has 17 heavy (non-hydrogen) atoms. The largest absolute Gasteiger partial charge is 0.469 e. The van der Waals surface area contributed by atoms with Gasteiger partial charge in [0, 0.05) is 6.42 Å². The predicted octanol–water partition coefficient (Wildman–Crippen LogP) is 2.12. The molecule has 1 rings (SSSR count). The van der Waals surface area contributed by atoms with Crippen LogP contribution >= 0.6 is 0 Å². The molecule has 0 unspecified atom stereocenters. The van der Waals surface area contributed by atoms with E-state index < -0.39 is 5.54 Å². The number of amides is 1. The van der Waals surface area contributed by atoms with Gasteiger partial charge in [0.2, 0.25) is 0 Å². The van der Waals surface area contributed by atoms with Crippen molar-refractivity contribution in [1.82, 2.24) is 5.32 Å². The van der Waals surface area contributed by atoms with Crippen LogP contribution in [-0.2, 0) is 6.42 Å². The minimum atomic E-state index is -0.528. The van der Waals surface area contributed by atoms with Crippen LogP contribution in [0.25, 0.3) is 0 Å². The van der Waals surface area contributed by atoms with Crippen molar-refractivity contribution in [3.05, 3.63) is 23.7 Å². The van der Waals surface area contributed by atoms with Crippen LogP contribution in [-0.4, -0.2) is 23.2 Å². The Bertz CT molecular complexity index is 358. The normalized spacial score (nSPS) is 11.5. The van der Waals surface area contributed by atoms with Gasteiger partial charge < -0.3 is 14.8 Å². The Balaban J connectivity index is 2.84. The van der Waals surface area contributed by atoms with Gasteiger partial charge in [0.15, 0.2) is 0 Å². The number of aryl methyl sites for hydroxylation is 1. The topological polar surface area (TPSA) is 62.5 Å². The van der Waals surface area contributed by atoms with E-state index >= 15 is 0 Å². The van der Waals surface area contributed by atoms with E-state index in [9.17, 15) is 9.90 Å². The van der Waals surface area contributed by atoms with Crippen molar-refractivity contribution < 1.29 is 14.3 Å². The number of nitrogens with one attached hydrogen (secondary N) is 1. The van der Waals surface area contributed by atoms with Crippen molar-refractivity contribution in [2.24, 2.45) is 0 Å². The molecule has 0 radical (unpaired) electrons. The van der Waals surface area contributed by atoms with Gasteiger partial charge in [-0.3, -0.25) is 4.79 Å². The maximum absolute atomic E-state index is 12.1. The second-order valence-corrected chi connectivity index (χ2v) is 4.21. The molecule has 1 amide bonds. The minimum Gasteiger partial charge on any atom is -0.469 e. The zero-order valence-electron chi connectivity index (χ0n) is 10.7. The third-order valence-electron chi connectivity index (χ3n) is 3.35. The molecule has 0 saturated heterocycles. The van der Waals surface area contributed by atoms with E-state index in [0.717, 1.165) is 0 Å². The van der Waals surface area contributed by atoms with Crippen molar-refractivity contribution in [2.45, 2.75) is 45.6 Å². The molecule has 0 saturated carbocycles. The Kier molecular flexibility index (Phi) is 4.75. The number of aliphatic hydroxyl groups excluding tert-OH is 1. The Hall–Kier alpha value is -1.29. The summed E-state index contributed by atoms with van der Waals surface area (Å²) in [5.41, 5.74) is 0.0338. The highest BCUT2D eigenvalue weighted by molar-refractivity contribution is 5.95. The van der Waals surface area contributed by atoms with Gasteiger partial charge in [-0.15, -0.1) is 0 Å². The SMILES string of the molecule is CCc1occc1C(=O)NC(CC)(CC)CO. The van der Waals surface area contributed by atoms with Crippen LogP contribution in [0.2, 0.25) is 0 Å². The summed E-state index contributed by atoms with van der Waals surface area (Å²) >= 11 is 0. The second kappa shape index (κ2) is 5.87. The summed E-state index contributed by atoms with van der Waals surface area (Å²) in [5.74, 6) is 0.509. The molecular weight excluding hydrogens is 218 g/mol. The lowest BCUT2D eigenvalue weighted by atomic mass is 9.93. The number of hydrogen-bond acceptors (Lipinski definition) is 3. The van der Waals surface area contributed by atoms with E-state index in [1.807, 2.05) is 20.8 Å². The van der Waals surface area contributed by atoms with Gasteiger partial charge in [-0.1, -0.05) is 20.8 Å². The van der Waals surface area contributed by atoms with E-state index in [0.29, 0.717) is 30.6 Å². The minimum absolute atomic E-state index is 0.0505. The van der Waals surface area contributed by atoms with Crippen molar-refractivity contribution in [3.8, 4) is 0 Å². The van der Waals surface area contributed by atoms with Gasteiger partial charge in [0.05, 0.1) is 24.0 Å². The molecule has 0 spiro atoms. The van der Waals surface area contributed by atoms with Crippen molar-refractivity contribution in [1.29, 1.82) is 0 Å². The van der Waals surface area contributed by atoms with E-state index in [2.05, 4.69) is 5.32 Å². The highest BCUT2D eigenvalue weighted by Crippen LogP contribution is 2.17. The maximum Gasteiger partial charge on any atom is 0.255 e. The average molecular weight is 239 g/mol. The summed E-state index contributed by atoms with van der Waals surface area (Å²) < 4.78 is 5.23. The van der Waals surface area contributed by atoms with Crippen LogP contribution in [0.1, 0.15) is 49.7 Å². The third-order valence-corrected chi connectivity index (χ3v) is 3.35. The smallest absolute Gasteiger partial charge is 0.255 e. The summed E-state index contributed by atoms with van der Waals surface area (Å²) in [6, 6.07) is 1.67. The molecule has 0 atom stereocenters. The van der Waals surface area contributed by atoms with Crippen molar-refractivity contribution in [3.63, 3.8) is 0 Å². The molecule has 96 valence electrons. The van der Waals surface area contributed by atoms with Gasteiger partial charge in [-0.2, -0.15) is 0 Å². The maximum atomic E-state index is 12.1. The lowest BCUT2D eigenvalue weighted by Gasteiger charge is -2.30. The molecule has 1 heterocycles. The molecule has 1 aromatic rings. The first-order chi connectivity index (χ1) is 8.12. The Morgan fingerprint density at radius 3 is 2.53 bits per heavy atom. The van der Waals surface area contributed by atoms with E-state index in [-0.39, 0.29) is 12.5 Å². The highest BCUT2D eigenvalue weighted by atomic mass is 16.3. The molecule has 4 nitrogen and oxygen atoms in total. The molecule has 0 bridgehead atoms. The molecule has 0 aromatic carbocycles. The third kappa shape index (κ3) is 2.88. The van der Waals surface area contributed by atoms with E-state index in [1.54, 1.807) is 6.07 Å². The molecule has 0 aliphatic heterocycles. The summed E-state index contributed by atoms with van der Waals surface area (Å²) in [5, 5.41) is 12.3. The van der Waals surface area contributed by atoms with Crippen LogP contribution < -0.4 is 5.32 Å². The molecular formula is C13H21NO3. The number of rotatable bonds is 6. The van der Waals surface area contributed by atoms with Gasteiger partial charge in [0.25, 0.3) is 5.91 Å². The van der Waals surface area contributed by atoms with Crippen LogP contribution in [0.3, 0.4) is 0 Å². The second-order valence-electron chi connectivity index (χ2n) is 4.21. The van der Waals surface area contributed by atoms with Crippen LogP contribution in [0, 0.1) is 0 Å². The Morgan fingerprint density at radius 2 is 2.06 bits per heavy atom. The first kappa shape index (κ1) is 13.8. The fourth-order valence-corrected chi connectivity index (χ4v) is 1.81. The first-order valence-electron chi connectivity index (χ1n) is 6.12. The summed E-state index contributed by atoms with van der Waals surface area (Å²) in [6.45, 7) is 5.80. The summed E-state index contributed by atoms with van der Waals surface area (Å²) in [4.78, 5) is 12.1. The number of aliphatic hydroxyl groups is 1. The predicted molar refractivity (Wildman–Crippen MR) is 66.0 cm³/mol. The van der Waals surface area contributed by atoms with E-state index in [1.165, 1.54) is 6.26 Å². The first-order valence-corrected chi connectivity index (χ1v) is 6.12. The number of furan rings is 1. The summed E-state index contributed by atoms with van der Waals surface area (Å²) in [7, 11) is 0. The molecule has 2 N–H and O–H groups in total. The molecule has 1 aromatic heterocycles. The van der Waals surface area contributed by atoms with Crippen LogP contribution in [0.15, 0.2) is 16.7 Å². The monoisotopic (exact) mass is 239 g/mol. The van der Waals surface area contributed by atoms with Gasteiger partial charge >= 0.3 is 0 Å². The lowest BCUT2D eigenvalue weighted by molar-refractivity contribution is 0.0816. The van der Waals surface area contributed by atoms with Crippen molar-refractivity contribution in [2.75, 3.05) is 6.61 Å². The number of carbonyl (C=O) groups excluding carboxylic acids is 1. The molecule has 0 aliphatic rings. The quantitative estimate of drug-likeness (QED) is 0.799. The van der Waals surface area contributed by atoms with Gasteiger partial charge in [0.1, 0.15) is 5.76 Å². The fourth-order valence-electron chi connectivity index (χ4n) is 1.81. The van der Waals surface area contributed by atoms with Crippen LogP contribution in [0.5, 0.6) is 0 Å². The Morgan fingerprint density at radius 1 is 1.41 bits per heavy atom. The number of hydrogen-bond donors (Lipinski definition) is 2.